The van der Waals surface area contributed by atoms with Crippen molar-refractivity contribution >= 4 is 0 Å². The van der Waals surface area contributed by atoms with Crippen LogP contribution in [-0.2, 0) is 9.47 Å². The van der Waals surface area contributed by atoms with Gasteiger partial charge in [-0.25, -0.2) is 0 Å². The van der Waals surface area contributed by atoms with Crippen LogP contribution in [0, 0.1) is 0 Å². The van der Waals surface area contributed by atoms with Gasteiger partial charge in [-0.2, -0.15) is 0 Å². The fourth-order valence-corrected chi connectivity index (χ4v) is 1.72. The highest BCUT2D eigenvalue weighted by Gasteiger charge is 2.45. The Kier molecular flexibility index (Phi) is 3.38. The molecule has 3 nitrogen and oxygen atoms in total. The fraction of sp³-hybridized carbons (Fsp3) is 0.667. The topological polar surface area (TPSA) is 38.7 Å². The minimum Gasteiger partial charge on any atom is -0.382 e. The van der Waals surface area contributed by atoms with Gasteiger partial charge in [-0.15, -0.1) is 6.58 Å². The first-order chi connectivity index (χ1) is 6.82. The van der Waals surface area contributed by atoms with Gasteiger partial charge in [0.05, 0.1) is 6.61 Å². The average Bonchev–Trinajstić information content (AvgIpc) is 2.46. The molecule has 1 N–H and O–H groups in total. The highest BCUT2D eigenvalue weighted by atomic mass is 16.7. The van der Waals surface area contributed by atoms with Crippen molar-refractivity contribution in [1.29, 1.82) is 0 Å². The molecule has 1 heterocycles. The maximum Gasteiger partial charge on any atom is 0.163 e. The molecule has 15 heavy (non-hydrogen) atoms. The summed E-state index contributed by atoms with van der Waals surface area (Å²) in [7, 11) is 0. The largest absolute Gasteiger partial charge is 0.382 e. The first kappa shape index (κ1) is 12.4. The van der Waals surface area contributed by atoms with E-state index in [0.717, 1.165) is 0 Å². The molecule has 0 bridgehead atoms. The van der Waals surface area contributed by atoms with Crippen molar-refractivity contribution in [2.45, 2.75) is 44.7 Å². The zero-order valence-corrected chi connectivity index (χ0v) is 9.75. The molecule has 0 radical (unpaired) electrons. The summed E-state index contributed by atoms with van der Waals surface area (Å²) < 4.78 is 11.1. The van der Waals surface area contributed by atoms with Crippen molar-refractivity contribution in [3.05, 3.63) is 24.8 Å². The summed E-state index contributed by atoms with van der Waals surface area (Å²) in [5.41, 5.74) is -0.399. The van der Waals surface area contributed by atoms with Crippen LogP contribution in [0.2, 0.25) is 0 Å². The zero-order chi connectivity index (χ0) is 11.7. The van der Waals surface area contributed by atoms with Crippen LogP contribution in [-0.4, -0.2) is 29.2 Å². The third-order valence-corrected chi connectivity index (χ3v) is 2.74. The average molecular weight is 212 g/mol. The maximum absolute atomic E-state index is 10.4. The number of rotatable bonds is 4. The van der Waals surface area contributed by atoms with E-state index in [2.05, 4.69) is 13.2 Å². The first-order valence-corrected chi connectivity index (χ1v) is 5.13. The third-order valence-electron chi connectivity index (χ3n) is 2.74. The van der Waals surface area contributed by atoms with Gasteiger partial charge in [-0.05, 0) is 26.3 Å². The monoisotopic (exact) mass is 212 g/mol. The molecule has 86 valence electrons. The number of hydrogen-bond acceptors (Lipinski definition) is 3. The van der Waals surface area contributed by atoms with Gasteiger partial charge in [-0.3, -0.25) is 0 Å². The van der Waals surface area contributed by atoms with Gasteiger partial charge >= 0.3 is 0 Å². The second-order valence-corrected chi connectivity index (χ2v) is 4.51. The number of aliphatic hydroxyl groups is 1. The lowest BCUT2D eigenvalue weighted by molar-refractivity contribution is -0.162. The smallest absolute Gasteiger partial charge is 0.163 e. The van der Waals surface area contributed by atoms with Crippen LogP contribution < -0.4 is 0 Å². The van der Waals surface area contributed by atoms with E-state index in [-0.39, 0.29) is 6.10 Å². The normalized spacial score (nSPS) is 28.4. The minimum absolute atomic E-state index is 0.372. The van der Waals surface area contributed by atoms with E-state index < -0.39 is 11.4 Å². The Balaban J connectivity index is 2.83. The highest BCUT2D eigenvalue weighted by molar-refractivity contribution is 5.16. The van der Waals surface area contributed by atoms with Gasteiger partial charge in [0.2, 0.25) is 0 Å². The molecule has 0 aromatic carbocycles. The van der Waals surface area contributed by atoms with Gasteiger partial charge in [0.1, 0.15) is 11.7 Å². The van der Waals surface area contributed by atoms with Crippen molar-refractivity contribution in [1.82, 2.24) is 0 Å². The van der Waals surface area contributed by atoms with Gasteiger partial charge in [-0.1, -0.05) is 12.7 Å². The molecule has 0 aromatic rings. The van der Waals surface area contributed by atoms with Crippen LogP contribution in [0.25, 0.3) is 0 Å². The van der Waals surface area contributed by atoms with Crippen LogP contribution in [0.3, 0.4) is 0 Å². The standard InChI is InChI=1S/C12H20O3/c1-6-7-12(13,9(2)3)10-8-14-11(4,5)15-10/h6,10,13H,1-2,7-8H2,3-5H3/t10-,12-/m1/s1. The summed E-state index contributed by atoms with van der Waals surface area (Å²) in [4.78, 5) is 0. The van der Waals surface area contributed by atoms with Crippen LogP contribution in [0.15, 0.2) is 24.8 Å². The Labute approximate surface area is 91.4 Å². The van der Waals surface area contributed by atoms with Crippen LogP contribution in [0.5, 0.6) is 0 Å². The molecule has 1 aliphatic heterocycles. The molecule has 1 aliphatic rings. The summed E-state index contributed by atoms with van der Waals surface area (Å²) in [5.74, 6) is -0.630. The predicted octanol–water partition coefficient (Wildman–Crippen LogP) is 2.02. The molecule has 0 unspecified atom stereocenters. The quantitative estimate of drug-likeness (QED) is 0.725. The molecule has 0 aromatic heterocycles. The van der Waals surface area contributed by atoms with E-state index in [1.54, 1.807) is 13.0 Å². The second-order valence-electron chi connectivity index (χ2n) is 4.51. The summed E-state index contributed by atoms with van der Waals surface area (Å²) in [6.45, 7) is 13.3. The molecule has 2 atom stereocenters. The van der Waals surface area contributed by atoms with Crippen molar-refractivity contribution < 1.29 is 14.6 Å². The van der Waals surface area contributed by atoms with E-state index in [0.29, 0.717) is 18.6 Å². The Morgan fingerprint density at radius 3 is 2.60 bits per heavy atom. The fourth-order valence-electron chi connectivity index (χ4n) is 1.72. The molecule has 0 aliphatic carbocycles. The summed E-state index contributed by atoms with van der Waals surface area (Å²) in [6.07, 6.45) is 1.72. The lowest BCUT2D eigenvalue weighted by atomic mass is 9.86. The van der Waals surface area contributed by atoms with E-state index in [9.17, 15) is 5.11 Å². The molecular formula is C12H20O3. The number of hydrogen-bond donors (Lipinski definition) is 1. The Hall–Kier alpha value is -0.640. The Bertz CT molecular complexity index is 270. The molecular weight excluding hydrogens is 192 g/mol. The maximum atomic E-state index is 10.4. The van der Waals surface area contributed by atoms with E-state index in [1.807, 2.05) is 13.8 Å². The summed E-state index contributed by atoms with van der Waals surface area (Å²) >= 11 is 0. The van der Waals surface area contributed by atoms with Crippen molar-refractivity contribution in [3.8, 4) is 0 Å². The molecule has 0 spiro atoms. The lowest BCUT2D eigenvalue weighted by Crippen LogP contribution is -2.45. The van der Waals surface area contributed by atoms with Crippen LogP contribution in [0.4, 0.5) is 0 Å². The Morgan fingerprint density at radius 1 is 1.67 bits per heavy atom. The summed E-state index contributed by atoms with van der Waals surface area (Å²) in [5, 5.41) is 10.4. The Morgan fingerprint density at radius 2 is 2.27 bits per heavy atom. The van der Waals surface area contributed by atoms with Crippen molar-refractivity contribution in [3.63, 3.8) is 0 Å². The highest BCUT2D eigenvalue weighted by Crippen LogP contribution is 2.34. The lowest BCUT2D eigenvalue weighted by Gasteiger charge is -2.33. The predicted molar refractivity (Wildman–Crippen MR) is 59.5 cm³/mol. The van der Waals surface area contributed by atoms with E-state index in [1.165, 1.54) is 0 Å². The van der Waals surface area contributed by atoms with Crippen molar-refractivity contribution in [2.75, 3.05) is 6.61 Å². The van der Waals surface area contributed by atoms with Gasteiger partial charge in [0, 0.05) is 6.42 Å². The van der Waals surface area contributed by atoms with Crippen LogP contribution >= 0.6 is 0 Å². The molecule has 1 saturated heterocycles. The summed E-state index contributed by atoms with van der Waals surface area (Å²) in [6, 6.07) is 0. The second kappa shape index (κ2) is 4.08. The third kappa shape index (κ3) is 2.48. The molecule has 0 saturated carbocycles. The molecule has 1 rings (SSSR count). The first-order valence-electron chi connectivity index (χ1n) is 5.13. The number of ether oxygens (including phenoxy) is 2. The van der Waals surface area contributed by atoms with Gasteiger partial charge in [0.25, 0.3) is 0 Å². The zero-order valence-electron chi connectivity index (χ0n) is 9.75. The van der Waals surface area contributed by atoms with E-state index in [4.69, 9.17) is 9.47 Å². The minimum atomic E-state index is -1.07. The molecule has 1 fully saturated rings. The SMILES string of the molecule is C=CC[C@@](O)(C(=C)C)[C@H]1COC(C)(C)O1. The van der Waals surface area contributed by atoms with Crippen LogP contribution in [0.1, 0.15) is 27.2 Å². The molecule has 0 amide bonds. The van der Waals surface area contributed by atoms with Gasteiger partial charge < -0.3 is 14.6 Å². The molecule has 3 heteroatoms. The van der Waals surface area contributed by atoms with Gasteiger partial charge in [0.15, 0.2) is 5.79 Å². The van der Waals surface area contributed by atoms with Crippen molar-refractivity contribution in [2.24, 2.45) is 0 Å². The van der Waals surface area contributed by atoms with E-state index >= 15 is 0 Å².